The molecule has 4 unspecified atom stereocenters. The van der Waals surface area contributed by atoms with Crippen LogP contribution >= 0.6 is 46.7 Å². The molecule has 2 heterocycles. The third-order valence-electron chi connectivity index (χ3n) is 4.82. The lowest BCUT2D eigenvalue weighted by atomic mass is 9.91. The van der Waals surface area contributed by atoms with Crippen LogP contribution in [0.1, 0.15) is 11.1 Å². The monoisotopic (exact) mass is 389 g/mol. The minimum atomic E-state index is -0.227. The van der Waals surface area contributed by atoms with Crippen LogP contribution in [0.15, 0.2) is 65.7 Å². The van der Waals surface area contributed by atoms with Gasteiger partial charge in [0.1, 0.15) is 9.91 Å². The van der Waals surface area contributed by atoms with Crippen molar-refractivity contribution in [3.05, 3.63) is 81.9 Å². The molecule has 1 nitrogen and oxygen atoms in total. The number of hydrogen-bond acceptors (Lipinski definition) is 3. The lowest BCUT2D eigenvalue weighted by molar-refractivity contribution is 0.505. The lowest BCUT2D eigenvalue weighted by Crippen LogP contribution is -2.33. The van der Waals surface area contributed by atoms with Gasteiger partial charge in [-0.3, -0.25) is 4.99 Å². The van der Waals surface area contributed by atoms with Crippen molar-refractivity contribution in [1.82, 2.24) is 0 Å². The van der Waals surface area contributed by atoms with Crippen LogP contribution in [0, 0.1) is 5.92 Å². The highest BCUT2D eigenvalue weighted by Gasteiger charge is 2.59. The summed E-state index contributed by atoms with van der Waals surface area (Å²) in [6, 6.07) is 16.2. The van der Waals surface area contributed by atoms with E-state index < -0.39 is 0 Å². The van der Waals surface area contributed by atoms with Gasteiger partial charge in [-0.25, -0.2) is 0 Å². The number of aliphatic imine (C=N–C) groups is 1. The molecule has 2 aliphatic heterocycles. The molecule has 4 bridgehead atoms. The summed E-state index contributed by atoms with van der Waals surface area (Å²) in [4.78, 5) is 5.03. The van der Waals surface area contributed by atoms with Crippen molar-refractivity contribution in [2.45, 2.75) is 15.4 Å². The zero-order chi connectivity index (χ0) is 16.3. The van der Waals surface area contributed by atoms with Gasteiger partial charge in [0, 0.05) is 32.0 Å². The van der Waals surface area contributed by atoms with Gasteiger partial charge in [-0.2, -0.15) is 0 Å². The molecule has 5 rings (SSSR count). The number of rotatable bonds is 2. The van der Waals surface area contributed by atoms with Crippen LogP contribution in [0.4, 0.5) is 0 Å². The Kier molecular flexibility index (Phi) is 3.57. The summed E-state index contributed by atoms with van der Waals surface area (Å²) in [5, 5.41) is 3.70. The van der Waals surface area contributed by atoms with E-state index in [1.165, 1.54) is 5.56 Å². The molecule has 2 aromatic carbocycles. The van der Waals surface area contributed by atoms with Gasteiger partial charge in [0.2, 0.25) is 0 Å². The highest BCUT2D eigenvalue weighted by Crippen LogP contribution is 2.65. The van der Waals surface area contributed by atoms with E-state index in [4.69, 9.17) is 28.2 Å². The minimum absolute atomic E-state index is 0.227. The topological polar surface area (TPSA) is 12.4 Å². The normalized spacial score (nSPS) is 32.9. The molecule has 0 saturated carbocycles. The van der Waals surface area contributed by atoms with Crippen LogP contribution in [0.3, 0.4) is 0 Å². The molecule has 0 aromatic heterocycles. The molecule has 1 fully saturated rings. The zero-order valence-electron chi connectivity index (χ0n) is 12.5. The maximum atomic E-state index is 6.09. The van der Waals surface area contributed by atoms with Gasteiger partial charge < -0.3 is 0 Å². The first-order chi connectivity index (χ1) is 11.7. The van der Waals surface area contributed by atoms with Crippen LogP contribution in [0.2, 0.25) is 10.0 Å². The fraction of sp³-hybridized carbons (Fsp3) is 0.211. The molecule has 24 heavy (non-hydrogen) atoms. The van der Waals surface area contributed by atoms with E-state index in [1.807, 2.05) is 47.8 Å². The number of halogens is 2. The number of thioether (sulfide) groups is 2. The fourth-order valence-corrected chi connectivity index (χ4v) is 7.49. The Labute approximate surface area is 159 Å². The molecule has 5 heteroatoms. The van der Waals surface area contributed by atoms with E-state index in [2.05, 4.69) is 36.4 Å². The van der Waals surface area contributed by atoms with E-state index >= 15 is 0 Å². The first-order valence-electron chi connectivity index (χ1n) is 7.80. The van der Waals surface area contributed by atoms with Gasteiger partial charge in [0.25, 0.3) is 0 Å². The Hall–Kier alpha value is -0.870. The molecule has 1 aliphatic carbocycles. The van der Waals surface area contributed by atoms with E-state index in [0.29, 0.717) is 16.4 Å². The maximum Gasteiger partial charge on any atom is 0.140 e. The van der Waals surface area contributed by atoms with Crippen molar-refractivity contribution in [3.8, 4) is 0 Å². The highest BCUT2D eigenvalue weighted by atomic mass is 35.5. The van der Waals surface area contributed by atoms with Crippen molar-refractivity contribution in [1.29, 1.82) is 0 Å². The molecule has 0 radical (unpaired) electrons. The molecular formula is C19H13Cl2NS2. The quantitative estimate of drug-likeness (QED) is 0.582. The van der Waals surface area contributed by atoms with Crippen LogP contribution in [0.5, 0.6) is 0 Å². The Morgan fingerprint density at radius 3 is 2.25 bits per heavy atom. The minimum Gasteiger partial charge on any atom is -0.255 e. The van der Waals surface area contributed by atoms with Crippen molar-refractivity contribution < 1.29 is 0 Å². The summed E-state index contributed by atoms with van der Waals surface area (Å²) >= 11 is 16.0. The Balaban J connectivity index is 1.65. The SMILES string of the molecule is Clc1ccc(C2=NC3(c4ccc(Cl)cc4)SC4C=CC3C4S2)cc1. The second-order valence-corrected chi connectivity index (χ2v) is 9.64. The third-order valence-corrected chi connectivity index (χ3v) is 8.58. The largest absolute Gasteiger partial charge is 0.255 e. The van der Waals surface area contributed by atoms with Gasteiger partial charge in [0.05, 0.1) is 0 Å². The summed E-state index contributed by atoms with van der Waals surface area (Å²) in [5.74, 6) is 0.440. The molecule has 0 amide bonds. The van der Waals surface area contributed by atoms with Gasteiger partial charge in [-0.15, -0.1) is 23.5 Å². The predicted octanol–water partition coefficient (Wildman–Crippen LogP) is 6.01. The smallest absolute Gasteiger partial charge is 0.140 e. The van der Waals surface area contributed by atoms with Crippen molar-refractivity contribution in [2.24, 2.45) is 10.9 Å². The van der Waals surface area contributed by atoms with E-state index in [1.54, 1.807) is 0 Å². The Morgan fingerprint density at radius 1 is 0.875 bits per heavy atom. The summed E-state index contributed by atoms with van der Waals surface area (Å²) in [6.45, 7) is 0. The second-order valence-electron chi connectivity index (χ2n) is 6.20. The fourth-order valence-electron chi connectivity index (χ4n) is 3.68. The van der Waals surface area contributed by atoms with Crippen molar-refractivity contribution >= 4 is 51.8 Å². The highest BCUT2D eigenvalue weighted by molar-refractivity contribution is 8.16. The molecule has 3 aliphatic rings. The Bertz CT molecular complexity index is 860. The first-order valence-corrected chi connectivity index (χ1v) is 10.3. The number of hydrogen-bond donors (Lipinski definition) is 0. The van der Waals surface area contributed by atoms with Gasteiger partial charge in [-0.1, -0.05) is 59.6 Å². The molecule has 2 aromatic rings. The maximum absolute atomic E-state index is 6.09. The average molecular weight is 390 g/mol. The van der Waals surface area contributed by atoms with Crippen molar-refractivity contribution in [3.63, 3.8) is 0 Å². The Morgan fingerprint density at radius 2 is 1.54 bits per heavy atom. The van der Waals surface area contributed by atoms with Gasteiger partial charge in [0.15, 0.2) is 0 Å². The zero-order valence-corrected chi connectivity index (χ0v) is 15.7. The van der Waals surface area contributed by atoms with E-state index in [9.17, 15) is 0 Å². The van der Waals surface area contributed by atoms with E-state index in [0.717, 1.165) is 20.7 Å². The summed E-state index contributed by atoms with van der Waals surface area (Å²) in [7, 11) is 0. The van der Waals surface area contributed by atoms with Crippen molar-refractivity contribution in [2.75, 3.05) is 0 Å². The first kappa shape index (κ1) is 15.4. The van der Waals surface area contributed by atoms with Crippen LogP contribution < -0.4 is 0 Å². The predicted molar refractivity (Wildman–Crippen MR) is 107 cm³/mol. The molecular weight excluding hydrogens is 377 g/mol. The third kappa shape index (κ3) is 2.22. The summed E-state index contributed by atoms with van der Waals surface area (Å²) in [6.07, 6.45) is 4.71. The molecule has 0 spiro atoms. The molecule has 0 N–H and O–H groups in total. The van der Waals surface area contributed by atoms with Gasteiger partial charge in [-0.05, 0) is 29.8 Å². The summed E-state index contributed by atoms with van der Waals surface area (Å²) < 4.78 is 0. The molecule has 1 saturated heterocycles. The van der Waals surface area contributed by atoms with E-state index in [-0.39, 0.29) is 4.87 Å². The van der Waals surface area contributed by atoms with Crippen LogP contribution in [-0.4, -0.2) is 15.5 Å². The lowest BCUT2D eigenvalue weighted by Gasteiger charge is -2.36. The second kappa shape index (κ2) is 5.57. The van der Waals surface area contributed by atoms with Crippen LogP contribution in [-0.2, 0) is 4.87 Å². The number of nitrogens with zero attached hydrogens (tertiary/aromatic N) is 1. The molecule has 4 atom stereocenters. The summed E-state index contributed by atoms with van der Waals surface area (Å²) in [5.41, 5.74) is 2.39. The standard InChI is InChI=1S/C19H13Cl2NS2/c20-13-5-1-11(2-6-13)18-22-19(12-3-7-14(21)8-4-12)15-9-10-16(24-19)17(15)23-18/h1-10,15-17H. The number of benzene rings is 2. The van der Waals surface area contributed by atoms with Crippen LogP contribution in [0.25, 0.3) is 0 Å². The average Bonchev–Trinajstić information content (AvgIpc) is 3.07. The molecule has 120 valence electrons. The van der Waals surface area contributed by atoms with Gasteiger partial charge >= 0.3 is 0 Å².